The summed E-state index contributed by atoms with van der Waals surface area (Å²) in [5, 5.41) is 7.67. The van der Waals surface area contributed by atoms with Gasteiger partial charge in [0, 0.05) is 17.8 Å². The topological polar surface area (TPSA) is 67.4 Å². The molecular formula is C22H22N2O3. The van der Waals surface area contributed by atoms with Crippen LogP contribution in [0.5, 0.6) is 5.75 Å². The number of fused-ring (bicyclic) bond motifs is 1. The maximum Gasteiger partial charge on any atom is 0.259 e. The van der Waals surface area contributed by atoms with E-state index in [9.17, 15) is 9.59 Å². The molecule has 0 aliphatic rings. The van der Waals surface area contributed by atoms with Crippen molar-refractivity contribution in [3.05, 3.63) is 66.2 Å². The summed E-state index contributed by atoms with van der Waals surface area (Å²) in [4.78, 5) is 24.6. The molecule has 0 saturated heterocycles. The van der Waals surface area contributed by atoms with Gasteiger partial charge in [0.2, 0.25) is 5.91 Å². The molecule has 0 aromatic heterocycles. The van der Waals surface area contributed by atoms with Gasteiger partial charge >= 0.3 is 0 Å². The van der Waals surface area contributed by atoms with Crippen LogP contribution in [0.25, 0.3) is 10.8 Å². The molecule has 27 heavy (non-hydrogen) atoms. The van der Waals surface area contributed by atoms with Crippen molar-refractivity contribution < 1.29 is 14.3 Å². The zero-order chi connectivity index (χ0) is 19.2. The van der Waals surface area contributed by atoms with Crippen molar-refractivity contribution in [1.82, 2.24) is 0 Å². The Balaban J connectivity index is 1.83. The highest BCUT2D eigenvalue weighted by atomic mass is 16.5. The first-order chi connectivity index (χ1) is 13.1. The predicted octanol–water partition coefficient (Wildman–Crippen LogP) is 4.84. The molecule has 2 amide bonds. The summed E-state index contributed by atoms with van der Waals surface area (Å²) in [6, 6.07) is 18.6. The molecule has 3 aromatic carbocycles. The van der Waals surface area contributed by atoms with Gasteiger partial charge in [0.15, 0.2) is 0 Å². The fourth-order valence-corrected chi connectivity index (χ4v) is 2.89. The summed E-state index contributed by atoms with van der Waals surface area (Å²) in [5.74, 6) is 0.199. The molecule has 0 aliphatic heterocycles. The fourth-order valence-electron chi connectivity index (χ4n) is 2.89. The molecule has 0 atom stereocenters. The van der Waals surface area contributed by atoms with Crippen LogP contribution in [0, 0.1) is 0 Å². The van der Waals surface area contributed by atoms with Crippen molar-refractivity contribution in [2.75, 3.05) is 17.7 Å². The molecule has 5 nitrogen and oxygen atoms in total. The Morgan fingerprint density at radius 3 is 2.22 bits per heavy atom. The third-order valence-corrected chi connectivity index (χ3v) is 4.19. The number of methoxy groups -OCH3 is 1. The Hall–Kier alpha value is -3.34. The highest BCUT2D eigenvalue weighted by molar-refractivity contribution is 6.09. The molecule has 3 rings (SSSR count). The van der Waals surface area contributed by atoms with Gasteiger partial charge in [0.1, 0.15) is 5.75 Å². The number of hydrogen-bond acceptors (Lipinski definition) is 3. The third-order valence-electron chi connectivity index (χ3n) is 4.19. The summed E-state index contributed by atoms with van der Waals surface area (Å²) in [5.41, 5.74) is 1.71. The number of anilines is 2. The molecule has 5 heteroatoms. The summed E-state index contributed by atoms with van der Waals surface area (Å²) >= 11 is 0. The van der Waals surface area contributed by atoms with Gasteiger partial charge in [-0.05, 0) is 47.5 Å². The standard InChI is InChI=1S/C22H22N2O3/c1-3-7-21(25)23-17-10-6-11-18(14-17)24-22(26)19-12-15-8-4-5-9-16(15)13-20(19)27-2/h4-6,8-14H,3,7H2,1-2H3,(H,23,25)(H,24,26). The second-order valence-corrected chi connectivity index (χ2v) is 6.23. The minimum Gasteiger partial charge on any atom is -0.496 e. The minimum absolute atomic E-state index is 0.0443. The first-order valence-electron chi connectivity index (χ1n) is 8.88. The Morgan fingerprint density at radius 2 is 1.56 bits per heavy atom. The van der Waals surface area contributed by atoms with Crippen LogP contribution in [0.4, 0.5) is 11.4 Å². The highest BCUT2D eigenvalue weighted by Gasteiger charge is 2.14. The lowest BCUT2D eigenvalue weighted by Crippen LogP contribution is -2.14. The van der Waals surface area contributed by atoms with Crippen LogP contribution in [0.3, 0.4) is 0 Å². The Morgan fingerprint density at radius 1 is 0.889 bits per heavy atom. The van der Waals surface area contributed by atoms with E-state index in [1.807, 2.05) is 43.3 Å². The highest BCUT2D eigenvalue weighted by Crippen LogP contribution is 2.27. The predicted molar refractivity (Wildman–Crippen MR) is 108 cm³/mol. The van der Waals surface area contributed by atoms with Crippen molar-refractivity contribution in [1.29, 1.82) is 0 Å². The number of benzene rings is 3. The van der Waals surface area contributed by atoms with E-state index in [4.69, 9.17) is 4.74 Å². The first kappa shape index (κ1) is 18.5. The molecule has 0 saturated carbocycles. The maximum atomic E-state index is 12.8. The second-order valence-electron chi connectivity index (χ2n) is 6.23. The van der Waals surface area contributed by atoms with Gasteiger partial charge in [-0.1, -0.05) is 37.3 Å². The van der Waals surface area contributed by atoms with E-state index in [2.05, 4.69) is 10.6 Å². The normalized spacial score (nSPS) is 10.4. The minimum atomic E-state index is -0.269. The van der Waals surface area contributed by atoms with E-state index in [1.54, 1.807) is 31.4 Å². The molecule has 0 aliphatic carbocycles. The molecule has 2 N–H and O–H groups in total. The lowest BCUT2D eigenvalue weighted by Gasteiger charge is -2.12. The molecule has 0 fully saturated rings. The summed E-state index contributed by atoms with van der Waals surface area (Å²) < 4.78 is 5.40. The number of amides is 2. The fraction of sp³-hybridized carbons (Fsp3) is 0.182. The average molecular weight is 362 g/mol. The molecule has 0 bridgehead atoms. The van der Waals surface area contributed by atoms with Gasteiger partial charge in [0.25, 0.3) is 5.91 Å². The van der Waals surface area contributed by atoms with Crippen LogP contribution >= 0.6 is 0 Å². The van der Waals surface area contributed by atoms with Crippen molar-refractivity contribution in [3.8, 4) is 5.75 Å². The summed E-state index contributed by atoms with van der Waals surface area (Å²) in [6.45, 7) is 1.95. The van der Waals surface area contributed by atoms with Crippen LogP contribution in [0.15, 0.2) is 60.7 Å². The van der Waals surface area contributed by atoms with Gasteiger partial charge < -0.3 is 15.4 Å². The molecule has 0 unspecified atom stereocenters. The second kappa shape index (κ2) is 8.36. The van der Waals surface area contributed by atoms with Gasteiger partial charge in [0.05, 0.1) is 12.7 Å². The zero-order valence-corrected chi connectivity index (χ0v) is 15.4. The number of ether oxygens (including phenoxy) is 1. The Labute approximate surface area is 158 Å². The van der Waals surface area contributed by atoms with Gasteiger partial charge in [-0.2, -0.15) is 0 Å². The Bertz CT molecular complexity index is 982. The number of rotatable bonds is 6. The number of hydrogen-bond donors (Lipinski definition) is 2. The maximum absolute atomic E-state index is 12.8. The molecule has 0 radical (unpaired) electrons. The lowest BCUT2D eigenvalue weighted by atomic mass is 10.1. The lowest BCUT2D eigenvalue weighted by molar-refractivity contribution is -0.116. The van der Waals surface area contributed by atoms with Crippen molar-refractivity contribution in [2.45, 2.75) is 19.8 Å². The monoisotopic (exact) mass is 362 g/mol. The van der Waals surface area contributed by atoms with Crippen molar-refractivity contribution in [3.63, 3.8) is 0 Å². The quantitative estimate of drug-likeness (QED) is 0.659. The zero-order valence-electron chi connectivity index (χ0n) is 15.4. The van der Waals surface area contributed by atoms with E-state index < -0.39 is 0 Å². The summed E-state index contributed by atoms with van der Waals surface area (Å²) in [7, 11) is 1.55. The summed E-state index contributed by atoms with van der Waals surface area (Å²) in [6.07, 6.45) is 1.24. The van der Waals surface area contributed by atoms with Crippen molar-refractivity contribution >= 4 is 34.0 Å². The third kappa shape index (κ3) is 4.44. The van der Waals surface area contributed by atoms with Crippen LogP contribution in [-0.2, 0) is 4.79 Å². The Kier molecular flexibility index (Phi) is 5.71. The molecule has 3 aromatic rings. The van der Waals surface area contributed by atoms with Crippen LogP contribution in [-0.4, -0.2) is 18.9 Å². The van der Waals surface area contributed by atoms with Crippen LogP contribution < -0.4 is 15.4 Å². The largest absolute Gasteiger partial charge is 0.496 e. The van der Waals surface area contributed by atoms with E-state index in [1.165, 1.54) is 0 Å². The van der Waals surface area contributed by atoms with Crippen LogP contribution in [0.1, 0.15) is 30.1 Å². The van der Waals surface area contributed by atoms with Crippen molar-refractivity contribution in [2.24, 2.45) is 0 Å². The number of nitrogens with one attached hydrogen (secondary N) is 2. The van der Waals surface area contributed by atoms with Gasteiger partial charge in [-0.15, -0.1) is 0 Å². The smallest absolute Gasteiger partial charge is 0.259 e. The van der Waals surface area contributed by atoms with Crippen LogP contribution in [0.2, 0.25) is 0 Å². The first-order valence-corrected chi connectivity index (χ1v) is 8.88. The molecule has 138 valence electrons. The van der Waals surface area contributed by atoms with E-state index in [0.29, 0.717) is 29.1 Å². The van der Waals surface area contributed by atoms with E-state index >= 15 is 0 Å². The van der Waals surface area contributed by atoms with Gasteiger partial charge in [-0.25, -0.2) is 0 Å². The number of carbonyl (C=O) groups is 2. The molecule has 0 heterocycles. The molecule has 0 spiro atoms. The average Bonchev–Trinajstić information content (AvgIpc) is 2.67. The number of carbonyl (C=O) groups excluding carboxylic acids is 2. The molecular weight excluding hydrogens is 340 g/mol. The van der Waals surface area contributed by atoms with Gasteiger partial charge in [-0.3, -0.25) is 9.59 Å². The van der Waals surface area contributed by atoms with E-state index in [-0.39, 0.29) is 11.8 Å². The van der Waals surface area contributed by atoms with E-state index in [0.717, 1.165) is 17.2 Å². The SMILES string of the molecule is CCCC(=O)Nc1cccc(NC(=O)c2cc3ccccc3cc2OC)c1.